The average molecular weight is 450 g/mol. The van der Waals surface area contributed by atoms with E-state index in [0.717, 1.165) is 25.2 Å². The highest BCUT2D eigenvalue weighted by molar-refractivity contribution is 6.08. The third-order valence-corrected chi connectivity index (χ3v) is 5.09. The van der Waals surface area contributed by atoms with E-state index in [2.05, 4.69) is 0 Å². The summed E-state index contributed by atoms with van der Waals surface area (Å²) < 4.78 is 24.4. The van der Waals surface area contributed by atoms with E-state index in [1.54, 1.807) is 30.3 Å². The molecule has 0 radical (unpaired) electrons. The predicted molar refractivity (Wildman–Crippen MR) is 114 cm³/mol. The summed E-state index contributed by atoms with van der Waals surface area (Å²) in [7, 11) is 2.17. The SMILES string of the molecule is COC(=O)C1=C(C(=O)OC)N(c2cccc(F)c2C(N)=O)C(N)=C(C#N)C1c1ccccc1. The molecule has 0 fully saturated rings. The Morgan fingerprint density at radius 2 is 1.67 bits per heavy atom. The van der Waals surface area contributed by atoms with Gasteiger partial charge >= 0.3 is 11.9 Å². The van der Waals surface area contributed by atoms with Gasteiger partial charge in [0.2, 0.25) is 0 Å². The molecule has 2 aromatic rings. The molecule has 1 heterocycles. The molecule has 3 rings (SSSR count). The maximum Gasteiger partial charge on any atom is 0.355 e. The molecule has 10 heteroatoms. The van der Waals surface area contributed by atoms with E-state index in [1.165, 1.54) is 12.1 Å². The molecule has 1 aliphatic rings. The molecule has 0 saturated heterocycles. The van der Waals surface area contributed by atoms with E-state index in [9.17, 15) is 24.0 Å². The number of nitriles is 1. The Kier molecular flexibility index (Phi) is 6.44. The fourth-order valence-electron chi connectivity index (χ4n) is 3.71. The average Bonchev–Trinajstić information content (AvgIpc) is 2.82. The quantitative estimate of drug-likeness (QED) is 0.655. The van der Waals surface area contributed by atoms with Crippen LogP contribution in [0.1, 0.15) is 21.8 Å². The van der Waals surface area contributed by atoms with Crippen LogP contribution in [0.3, 0.4) is 0 Å². The van der Waals surface area contributed by atoms with Crippen molar-refractivity contribution in [1.82, 2.24) is 0 Å². The molecular formula is C23H19FN4O5. The Hall–Kier alpha value is -4.65. The van der Waals surface area contributed by atoms with Crippen molar-refractivity contribution < 1.29 is 28.2 Å². The summed E-state index contributed by atoms with van der Waals surface area (Å²) in [6.45, 7) is 0. The summed E-state index contributed by atoms with van der Waals surface area (Å²) in [5, 5.41) is 9.97. The molecule has 1 unspecified atom stereocenters. The van der Waals surface area contributed by atoms with Gasteiger partial charge in [0, 0.05) is 0 Å². The van der Waals surface area contributed by atoms with E-state index >= 15 is 0 Å². The number of allylic oxidation sites excluding steroid dienone is 1. The summed E-state index contributed by atoms with van der Waals surface area (Å²) in [6, 6.07) is 13.8. The lowest BCUT2D eigenvalue weighted by atomic mass is 9.80. The molecule has 4 N–H and O–H groups in total. The lowest BCUT2D eigenvalue weighted by Gasteiger charge is -2.36. The standard InChI is InChI=1S/C23H19FN4O5/c1-32-22(30)18-16(12-7-4-3-5-8-12)13(11-25)20(26)28(19(18)23(31)33-2)15-10-6-9-14(24)17(15)21(27)29/h3-10,16H,26H2,1-2H3,(H2,27,29). The highest BCUT2D eigenvalue weighted by Crippen LogP contribution is 2.44. The number of ether oxygens (including phenoxy) is 2. The normalized spacial score (nSPS) is 15.7. The number of hydrogen-bond acceptors (Lipinski definition) is 8. The van der Waals surface area contributed by atoms with Crippen molar-refractivity contribution in [3.8, 4) is 6.07 Å². The van der Waals surface area contributed by atoms with Gasteiger partial charge in [0.25, 0.3) is 5.91 Å². The van der Waals surface area contributed by atoms with Crippen LogP contribution in [0.15, 0.2) is 71.2 Å². The molecular weight excluding hydrogens is 431 g/mol. The van der Waals surface area contributed by atoms with E-state index in [-0.39, 0.29) is 22.7 Å². The number of nitrogens with zero attached hydrogens (tertiary/aromatic N) is 2. The molecule has 0 aromatic heterocycles. The number of methoxy groups -OCH3 is 2. The second-order valence-electron chi connectivity index (χ2n) is 6.83. The van der Waals surface area contributed by atoms with Crippen molar-refractivity contribution in [1.29, 1.82) is 5.26 Å². The lowest BCUT2D eigenvalue weighted by molar-refractivity contribution is -0.139. The van der Waals surface area contributed by atoms with Crippen LogP contribution in [-0.2, 0) is 19.1 Å². The summed E-state index contributed by atoms with van der Waals surface area (Å²) in [5.74, 6) is -5.53. The number of nitrogens with two attached hydrogens (primary N) is 2. The molecule has 2 aromatic carbocycles. The minimum atomic E-state index is -1.15. The third-order valence-electron chi connectivity index (χ3n) is 5.09. The summed E-state index contributed by atoms with van der Waals surface area (Å²) in [6.07, 6.45) is 0. The van der Waals surface area contributed by atoms with Crippen molar-refractivity contribution in [3.05, 3.63) is 88.1 Å². The van der Waals surface area contributed by atoms with E-state index in [4.69, 9.17) is 20.9 Å². The predicted octanol–water partition coefficient (Wildman–Crippen LogP) is 1.82. The minimum absolute atomic E-state index is 0.131. The Labute approximate surface area is 188 Å². The molecule has 1 aliphatic heterocycles. The minimum Gasteiger partial charge on any atom is -0.466 e. The number of anilines is 1. The fraction of sp³-hybridized carbons (Fsp3) is 0.130. The van der Waals surface area contributed by atoms with Crippen molar-refractivity contribution in [2.75, 3.05) is 19.1 Å². The largest absolute Gasteiger partial charge is 0.466 e. The number of benzene rings is 2. The van der Waals surface area contributed by atoms with Gasteiger partial charge in [0.15, 0.2) is 0 Å². The molecule has 33 heavy (non-hydrogen) atoms. The van der Waals surface area contributed by atoms with Gasteiger partial charge in [0.05, 0.1) is 48.6 Å². The number of primary amides is 1. The van der Waals surface area contributed by atoms with Crippen LogP contribution in [0.5, 0.6) is 0 Å². The van der Waals surface area contributed by atoms with Crippen LogP contribution in [0.4, 0.5) is 10.1 Å². The zero-order valence-electron chi connectivity index (χ0n) is 17.7. The van der Waals surface area contributed by atoms with Gasteiger partial charge in [-0.05, 0) is 17.7 Å². The summed E-state index contributed by atoms with van der Waals surface area (Å²) in [5.41, 5.74) is 10.5. The topological polar surface area (TPSA) is 149 Å². The first kappa shape index (κ1) is 23.0. The van der Waals surface area contributed by atoms with Crippen LogP contribution >= 0.6 is 0 Å². The maximum absolute atomic E-state index is 14.6. The van der Waals surface area contributed by atoms with Gasteiger partial charge in [-0.2, -0.15) is 5.26 Å². The zero-order chi connectivity index (χ0) is 24.3. The number of amides is 1. The lowest BCUT2D eigenvalue weighted by Crippen LogP contribution is -2.41. The number of hydrogen-bond donors (Lipinski definition) is 2. The van der Waals surface area contributed by atoms with Crippen molar-refractivity contribution >= 4 is 23.5 Å². The number of esters is 2. The van der Waals surface area contributed by atoms with Gasteiger partial charge in [-0.1, -0.05) is 36.4 Å². The molecule has 1 amide bonds. The van der Waals surface area contributed by atoms with Gasteiger partial charge in [-0.15, -0.1) is 0 Å². The third kappa shape index (κ3) is 3.87. The highest BCUT2D eigenvalue weighted by atomic mass is 19.1. The number of rotatable bonds is 5. The maximum atomic E-state index is 14.6. The first-order valence-corrected chi connectivity index (χ1v) is 9.52. The Bertz CT molecular complexity index is 1250. The molecule has 0 bridgehead atoms. The zero-order valence-corrected chi connectivity index (χ0v) is 17.7. The smallest absolute Gasteiger partial charge is 0.355 e. The Morgan fingerprint density at radius 1 is 1.03 bits per heavy atom. The van der Waals surface area contributed by atoms with E-state index in [0.29, 0.717) is 5.56 Å². The van der Waals surface area contributed by atoms with E-state index < -0.39 is 40.8 Å². The second kappa shape index (κ2) is 9.23. The summed E-state index contributed by atoms with van der Waals surface area (Å²) >= 11 is 0. The molecule has 1 atom stereocenters. The van der Waals surface area contributed by atoms with Crippen molar-refractivity contribution in [3.63, 3.8) is 0 Å². The van der Waals surface area contributed by atoms with Crippen LogP contribution in [0.25, 0.3) is 0 Å². The van der Waals surface area contributed by atoms with Crippen molar-refractivity contribution in [2.24, 2.45) is 11.5 Å². The Balaban J connectivity index is 2.49. The molecule has 0 saturated carbocycles. The van der Waals surface area contributed by atoms with Crippen LogP contribution in [0.2, 0.25) is 0 Å². The monoisotopic (exact) mass is 450 g/mol. The fourth-order valence-corrected chi connectivity index (χ4v) is 3.71. The highest BCUT2D eigenvalue weighted by Gasteiger charge is 2.43. The molecule has 0 spiro atoms. The van der Waals surface area contributed by atoms with Crippen LogP contribution < -0.4 is 16.4 Å². The van der Waals surface area contributed by atoms with E-state index in [1.807, 2.05) is 6.07 Å². The summed E-state index contributed by atoms with van der Waals surface area (Å²) in [4.78, 5) is 38.9. The van der Waals surface area contributed by atoms with Crippen LogP contribution in [-0.4, -0.2) is 32.1 Å². The number of carbonyl (C=O) groups excluding carboxylic acids is 3. The first-order valence-electron chi connectivity index (χ1n) is 9.52. The second-order valence-corrected chi connectivity index (χ2v) is 6.83. The molecule has 0 aliphatic carbocycles. The number of halogens is 1. The van der Waals surface area contributed by atoms with Crippen LogP contribution in [0, 0.1) is 17.1 Å². The van der Waals surface area contributed by atoms with Crippen molar-refractivity contribution in [2.45, 2.75) is 5.92 Å². The van der Waals surface area contributed by atoms with Gasteiger partial charge in [0.1, 0.15) is 17.3 Å². The number of carbonyl (C=O) groups is 3. The molecule has 9 nitrogen and oxygen atoms in total. The first-order chi connectivity index (χ1) is 15.8. The Morgan fingerprint density at radius 3 is 2.21 bits per heavy atom. The molecule has 168 valence electrons. The van der Waals surface area contributed by atoms with Gasteiger partial charge in [-0.25, -0.2) is 14.0 Å². The van der Waals surface area contributed by atoms with Gasteiger partial charge in [-0.3, -0.25) is 9.69 Å². The van der Waals surface area contributed by atoms with Gasteiger partial charge < -0.3 is 20.9 Å².